The molecule has 0 saturated heterocycles. The van der Waals surface area contributed by atoms with E-state index >= 15 is 0 Å². The van der Waals surface area contributed by atoms with Crippen molar-refractivity contribution >= 4 is 9.84 Å². The largest absolute Gasteiger partial charge is 0.416 e. The molecule has 0 heterocycles. The highest BCUT2D eigenvalue weighted by Gasteiger charge is 2.29. The fourth-order valence-electron chi connectivity index (χ4n) is 1.69. The lowest BCUT2D eigenvalue weighted by Gasteiger charge is -2.08. The zero-order valence-corrected chi connectivity index (χ0v) is 12.0. The molecule has 0 amide bonds. The van der Waals surface area contributed by atoms with Crippen LogP contribution in [0, 0.1) is 0 Å². The molecule has 114 valence electrons. The van der Waals surface area contributed by atoms with Gasteiger partial charge >= 0.3 is 6.18 Å². The van der Waals surface area contributed by atoms with Crippen LogP contribution >= 0.6 is 0 Å². The fourth-order valence-corrected chi connectivity index (χ4v) is 2.97. The van der Waals surface area contributed by atoms with E-state index in [0.717, 1.165) is 12.1 Å². The lowest BCUT2D eigenvalue weighted by Crippen LogP contribution is -2.24. The van der Waals surface area contributed by atoms with Crippen LogP contribution in [0.25, 0.3) is 0 Å². The molecule has 0 unspecified atom stereocenters. The lowest BCUT2D eigenvalue weighted by atomic mass is 10.1. The summed E-state index contributed by atoms with van der Waals surface area (Å²) in [7, 11) is -3.02. The van der Waals surface area contributed by atoms with Crippen molar-refractivity contribution < 1.29 is 21.6 Å². The van der Waals surface area contributed by atoms with Gasteiger partial charge in [-0.3, -0.25) is 0 Å². The molecule has 0 aliphatic heterocycles. The molecule has 0 spiro atoms. The van der Waals surface area contributed by atoms with Gasteiger partial charge in [0.15, 0.2) is 9.84 Å². The second-order valence-corrected chi connectivity index (χ2v) is 6.83. The third-order valence-electron chi connectivity index (χ3n) is 2.72. The summed E-state index contributed by atoms with van der Waals surface area (Å²) >= 11 is 0. The molecule has 0 atom stereocenters. The van der Waals surface area contributed by atoms with E-state index in [1.165, 1.54) is 12.1 Å². The van der Waals surface area contributed by atoms with Gasteiger partial charge in [-0.05, 0) is 24.1 Å². The van der Waals surface area contributed by atoms with Gasteiger partial charge in [0, 0.05) is 18.8 Å². The molecular formula is C13H18F3NO2S. The Morgan fingerprint density at radius 2 is 1.70 bits per heavy atom. The van der Waals surface area contributed by atoms with Crippen LogP contribution in [0.4, 0.5) is 13.2 Å². The molecule has 0 radical (unpaired) electrons. The van der Waals surface area contributed by atoms with E-state index in [1.54, 1.807) is 6.92 Å². The van der Waals surface area contributed by atoms with E-state index in [0.29, 0.717) is 25.1 Å². The summed E-state index contributed by atoms with van der Waals surface area (Å²) in [5.41, 5.74) is -0.00216. The molecule has 1 aromatic carbocycles. The molecule has 0 bridgehead atoms. The minimum atomic E-state index is -4.33. The van der Waals surface area contributed by atoms with Crippen molar-refractivity contribution in [3.05, 3.63) is 35.4 Å². The summed E-state index contributed by atoms with van der Waals surface area (Å²) in [6.45, 7) is 2.44. The first kappa shape index (κ1) is 17.0. The fraction of sp³-hybridized carbons (Fsp3) is 0.538. The number of hydrogen-bond donors (Lipinski definition) is 1. The average molecular weight is 309 g/mol. The van der Waals surface area contributed by atoms with E-state index in [4.69, 9.17) is 0 Å². The highest BCUT2D eigenvalue weighted by molar-refractivity contribution is 7.91. The van der Waals surface area contributed by atoms with Crippen LogP contribution in [0.2, 0.25) is 0 Å². The molecule has 1 aromatic rings. The van der Waals surface area contributed by atoms with Crippen molar-refractivity contribution in [2.45, 2.75) is 26.1 Å². The van der Waals surface area contributed by atoms with Crippen molar-refractivity contribution in [2.24, 2.45) is 0 Å². The molecule has 3 nitrogen and oxygen atoms in total. The van der Waals surface area contributed by atoms with Crippen molar-refractivity contribution in [3.8, 4) is 0 Å². The summed E-state index contributed by atoms with van der Waals surface area (Å²) in [6.07, 6.45) is -3.75. The molecule has 1 N–H and O–H groups in total. The third kappa shape index (κ3) is 5.92. The first-order valence-corrected chi connectivity index (χ1v) is 8.14. The van der Waals surface area contributed by atoms with Crippen molar-refractivity contribution in [2.75, 3.05) is 18.1 Å². The molecule has 0 aliphatic carbocycles. The van der Waals surface area contributed by atoms with E-state index in [1.807, 2.05) is 0 Å². The van der Waals surface area contributed by atoms with Crippen LogP contribution in [-0.4, -0.2) is 26.5 Å². The van der Waals surface area contributed by atoms with E-state index in [2.05, 4.69) is 5.32 Å². The number of nitrogens with one attached hydrogen (secondary N) is 1. The van der Waals surface area contributed by atoms with Crippen LogP contribution in [0.3, 0.4) is 0 Å². The molecular weight excluding hydrogens is 291 g/mol. The quantitative estimate of drug-likeness (QED) is 0.788. The second-order valence-electron chi connectivity index (χ2n) is 4.52. The summed E-state index contributed by atoms with van der Waals surface area (Å²) in [4.78, 5) is 0. The highest BCUT2D eigenvalue weighted by atomic mass is 32.2. The molecule has 0 saturated carbocycles. The van der Waals surface area contributed by atoms with E-state index in [9.17, 15) is 21.6 Å². The predicted molar refractivity (Wildman–Crippen MR) is 72.1 cm³/mol. The summed E-state index contributed by atoms with van der Waals surface area (Å²) in [6, 6.07) is 4.81. The summed E-state index contributed by atoms with van der Waals surface area (Å²) < 4.78 is 59.9. The third-order valence-corrected chi connectivity index (χ3v) is 4.57. The topological polar surface area (TPSA) is 46.2 Å². The van der Waals surface area contributed by atoms with Crippen molar-refractivity contribution in [1.29, 1.82) is 0 Å². The van der Waals surface area contributed by atoms with Crippen LogP contribution in [0.15, 0.2) is 24.3 Å². The van der Waals surface area contributed by atoms with Gasteiger partial charge in [-0.15, -0.1) is 0 Å². The monoisotopic (exact) mass is 309 g/mol. The first-order valence-electron chi connectivity index (χ1n) is 6.32. The Morgan fingerprint density at radius 3 is 2.20 bits per heavy atom. The van der Waals surface area contributed by atoms with Gasteiger partial charge in [-0.25, -0.2) is 8.42 Å². The van der Waals surface area contributed by atoms with Gasteiger partial charge in [0.2, 0.25) is 0 Å². The highest BCUT2D eigenvalue weighted by Crippen LogP contribution is 2.28. The number of alkyl halides is 3. The SMILES string of the molecule is CCCS(=O)(=O)CCNCc1ccc(C(F)(F)F)cc1. The molecule has 0 aliphatic rings. The van der Waals surface area contributed by atoms with Crippen LogP contribution in [-0.2, 0) is 22.6 Å². The Kier molecular flexibility index (Phi) is 6.01. The molecule has 20 heavy (non-hydrogen) atoms. The van der Waals surface area contributed by atoms with Crippen molar-refractivity contribution in [1.82, 2.24) is 5.32 Å². The number of hydrogen-bond acceptors (Lipinski definition) is 3. The maximum Gasteiger partial charge on any atom is 0.416 e. The average Bonchev–Trinajstić information content (AvgIpc) is 2.34. The molecule has 1 rings (SSSR count). The summed E-state index contributed by atoms with van der Waals surface area (Å²) in [5.74, 6) is 0.205. The second kappa shape index (κ2) is 7.08. The van der Waals surface area contributed by atoms with Crippen LogP contribution in [0.5, 0.6) is 0 Å². The first-order chi connectivity index (χ1) is 9.24. The number of halogens is 3. The maximum absolute atomic E-state index is 12.3. The number of benzene rings is 1. The van der Waals surface area contributed by atoms with Gasteiger partial charge in [-0.2, -0.15) is 13.2 Å². The van der Waals surface area contributed by atoms with Crippen LogP contribution < -0.4 is 5.32 Å². The Labute approximate surface area is 117 Å². The number of sulfone groups is 1. The van der Waals surface area contributed by atoms with E-state index < -0.39 is 21.6 Å². The Morgan fingerprint density at radius 1 is 1.10 bits per heavy atom. The van der Waals surface area contributed by atoms with Crippen molar-refractivity contribution in [3.63, 3.8) is 0 Å². The molecule has 7 heteroatoms. The standard InChI is InChI=1S/C13H18F3NO2S/c1-2-8-20(18,19)9-7-17-10-11-3-5-12(6-4-11)13(14,15)16/h3-6,17H,2,7-10H2,1H3. The lowest BCUT2D eigenvalue weighted by molar-refractivity contribution is -0.137. The van der Waals surface area contributed by atoms with Gasteiger partial charge in [-0.1, -0.05) is 19.1 Å². The smallest absolute Gasteiger partial charge is 0.312 e. The Balaban J connectivity index is 2.40. The minimum absolute atomic E-state index is 0.0431. The van der Waals surface area contributed by atoms with Crippen LogP contribution in [0.1, 0.15) is 24.5 Å². The summed E-state index contributed by atoms with van der Waals surface area (Å²) in [5, 5.41) is 2.91. The normalized spacial score (nSPS) is 12.6. The predicted octanol–water partition coefficient (Wildman–Crippen LogP) is 2.62. The van der Waals surface area contributed by atoms with Gasteiger partial charge < -0.3 is 5.32 Å². The Hall–Kier alpha value is -1.08. The van der Waals surface area contributed by atoms with Gasteiger partial charge in [0.1, 0.15) is 0 Å². The molecule has 0 aromatic heterocycles. The zero-order chi connectivity index (χ0) is 15.2. The zero-order valence-electron chi connectivity index (χ0n) is 11.2. The molecule has 0 fully saturated rings. The Bertz CT molecular complexity index is 509. The minimum Gasteiger partial charge on any atom is -0.312 e. The van der Waals surface area contributed by atoms with E-state index in [-0.39, 0.29) is 11.5 Å². The van der Waals surface area contributed by atoms with Gasteiger partial charge in [0.25, 0.3) is 0 Å². The van der Waals surface area contributed by atoms with Gasteiger partial charge in [0.05, 0.1) is 11.3 Å². The number of rotatable bonds is 7. The maximum atomic E-state index is 12.3.